The fourth-order valence-corrected chi connectivity index (χ4v) is 2.95. The number of carbonyl (C=O) groups is 1. The van der Waals surface area contributed by atoms with Gasteiger partial charge in [0.05, 0.1) is 24.8 Å². The fraction of sp³-hybridized carbons (Fsp3) is 0.562. The zero-order valence-corrected chi connectivity index (χ0v) is 13.9. The quantitative estimate of drug-likeness (QED) is 0.779. The minimum atomic E-state index is -0.515. The molecule has 0 bridgehead atoms. The Labute approximate surface area is 140 Å². The molecule has 1 aromatic rings. The second-order valence-corrected chi connectivity index (χ2v) is 5.87. The molecule has 0 radical (unpaired) electrons. The van der Waals surface area contributed by atoms with Crippen molar-refractivity contribution < 1.29 is 18.7 Å². The predicted molar refractivity (Wildman–Crippen MR) is 86.1 cm³/mol. The summed E-state index contributed by atoms with van der Waals surface area (Å²) in [6.07, 6.45) is 1.06. The maximum Gasteiger partial charge on any atom is 0.406 e. The Balaban J connectivity index is 2.05. The zero-order valence-electron chi connectivity index (χ0n) is 13.1. The number of carbonyl (C=O) groups excluding carboxylic acids is 1. The Morgan fingerprint density at radius 1 is 1.57 bits per heavy atom. The van der Waals surface area contributed by atoms with Crippen molar-refractivity contribution in [3.05, 3.63) is 34.6 Å². The highest BCUT2D eigenvalue weighted by Crippen LogP contribution is 2.34. The summed E-state index contributed by atoms with van der Waals surface area (Å²) in [6, 6.07) is 4.95. The van der Waals surface area contributed by atoms with Crippen LogP contribution in [0.4, 0.5) is 9.18 Å². The van der Waals surface area contributed by atoms with Crippen molar-refractivity contribution in [2.24, 2.45) is 5.92 Å². The molecule has 1 aliphatic heterocycles. The Hall–Kier alpha value is -1.37. The molecule has 23 heavy (non-hydrogen) atoms. The SMILES string of the molecule is COC(=O)NCCO[C@@H](c1cccc(Cl)c1F)C1CCCNC1. The summed E-state index contributed by atoms with van der Waals surface area (Å²) in [7, 11) is 1.30. The van der Waals surface area contributed by atoms with Crippen molar-refractivity contribution in [1.82, 2.24) is 10.6 Å². The van der Waals surface area contributed by atoms with Crippen LogP contribution in [0.3, 0.4) is 0 Å². The highest BCUT2D eigenvalue weighted by atomic mass is 35.5. The number of ether oxygens (including phenoxy) is 2. The number of benzene rings is 1. The van der Waals surface area contributed by atoms with Gasteiger partial charge < -0.3 is 20.1 Å². The molecule has 1 saturated heterocycles. The molecule has 1 fully saturated rings. The topological polar surface area (TPSA) is 59.6 Å². The summed E-state index contributed by atoms with van der Waals surface area (Å²) in [5, 5.41) is 5.95. The standard InChI is InChI=1S/C16H22ClFN2O3/c1-22-16(21)20-8-9-23-15(11-4-3-7-19-10-11)12-5-2-6-13(17)14(12)18/h2,5-6,11,15,19H,3-4,7-10H2,1H3,(H,20,21)/t11?,15-/m1/s1. The lowest BCUT2D eigenvalue weighted by Crippen LogP contribution is -2.35. The number of hydrogen-bond donors (Lipinski definition) is 2. The van der Waals surface area contributed by atoms with E-state index in [0.717, 1.165) is 25.9 Å². The van der Waals surface area contributed by atoms with Gasteiger partial charge in [-0.3, -0.25) is 0 Å². The van der Waals surface area contributed by atoms with Crippen LogP contribution in [-0.4, -0.2) is 39.4 Å². The summed E-state index contributed by atoms with van der Waals surface area (Å²) in [6.45, 7) is 2.29. The first-order valence-corrected chi connectivity index (χ1v) is 8.09. The first kappa shape index (κ1) is 18.0. The Morgan fingerprint density at radius 3 is 3.09 bits per heavy atom. The van der Waals surface area contributed by atoms with Crippen LogP contribution in [0.5, 0.6) is 0 Å². The van der Waals surface area contributed by atoms with Crippen LogP contribution in [0.25, 0.3) is 0 Å². The van der Waals surface area contributed by atoms with Crippen LogP contribution in [0, 0.1) is 11.7 Å². The number of halogens is 2. The maximum atomic E-state index is 14.4. The summed E-state index contributed by atoms with van der Waals surface area (Å²) >= 11 is 5.90. The number of nitrogens with one attached hydrogen (secondary N) is 2. The lowest BCUT2D eigenvalue weighted by molar-refractivity contribution is 0.00260. The fourth-order valence-electron chi connectivity index (χ4n) is 2.77. The highest BCUT2D eigenvalue weighted by molar-refractivity contribution is 6.30. The molecule has 2 N–H and O–H groups in total. The number of rotatable bonds is 6. The van der Waals surface area contributed by atoms with E-state index in [4.69, 9.17) is 16.3 Å². The molecule has 1 amide bonds. The van der Waals surface area contributed by atoms with Gasteiger partial charge in [-0.1, -0.05) is 23.7 Å². The lowest BCUT2D eigenvalue weighted by atomic mass is 9.89. The largest absolute Gasteiger partial charge is 0.453 e. The average molecular weight is 345 g/mol. The molecule has 1 aliphatic rings. The third-order valence-electron chi connectivity index (χ3n) is 3.91. The number of alkyl carbamates (subject to hydrolysis) is 1. The molecule has 1 unspecified atom stereocenters. The van der Waals surface area contributed by atoms with Gasteiger partial charge in [-0.2, -0.15) is 0 Å². The van der Waals surface area contributed by atoms with Crippen molar-refractivity contribution in [2.45, 2.75) is 18.9 Å². The normalized spacial score (nSPS) is 19.2. The van der Waals surface area contributed by atoms with Gasteiger partial charge in [0, 0.05) is 24.6 Å². The highest BCUT2D eigenvalue weighted by Gasteiger charge is 2.28. The van der Waals surface area contributed by atoms with Gasteiger partial charge in [0.1, 0.15) is 5.82 Å². The van der Waals surface area contributed by atoms with Crippen LogP contribution in [0.2, 0.25) is 5.02 Å². The van der Waals surface area contributed by atoms with E-state index < -0.39 is 18.0 Å². The molecule has 0 aliphatic carbocycles. The smallest absolute Gasteiger partial charge is 0.406 e. The van der Waals surface area contributed by atoms with E-state index in [9.17, 15) is 9.18 Å². The predicted octanol–water partition coefficient (Wildman–Crippen LogP) is 2.89. The Kier molecular flexibility index (Phi) is 7.08. The monoisotopic (exact) mass is 344 g/mol. The van der Waals surface area contributed by atoms with Crippen molar-refractivity contribution >= 4 is 17.7 Å². The van der Waals surface area contributed by atoms with E-state index in [2.05, 4.69) is 15.4 Å². The first-order valence-electron chi connectivity index (χ1n) is 7.71. The number of piperidine rings is 1. The second kappa shape index (κ2) is 9.05. The van der Waals surface area contributed by atoms with Crippen LogP contribution < -0.4 is 10.6 Å². The third kappa shape index (κ3) is 5.06. The van der Waals surface area contributed by atoms with Crippen molar-refractivity contribution in [1.29, 1.82) is 0 Å². The average Bonchev–Trinajstić information content (AvgIpc) is 2.58. The molecule has 2 atom stereocenters. The van der Waals surface area contributed by atoms with E-state index in [0.29, 0.717) is 12.1 Å². The zero-order chi connectivity index (χ0) is 16.7. The van der Waals surface area contributed by atoms with E-state index in [1.54, 1.807) is 12.1 Å². The van der Waals surface area contributed by atoms with Gasteiger partial charge in [-0.25, -0.2) is 9.18 Å². The van der Waals surface area contributed by atoms with Crippen LogP contribution >= 0.6 is 11.6 Å². The van der Waals surface area contributed by atoms with E-state index >= 15 is 0 Å². The summed E-state index contributed by atoms with van der Waals surface area (Å²) in [4.78, 5) is 11.1. The first-order chi connectivity index (χ1) is 11.1. The molecule has 5 nitrogen and oxygen atoms in total. The van der Waals surface area contributed by atoms with Gasteiger partial charge in [0.2, 0.25) is 0 Å². The van der Waals surface area contributed by atoms with Crippen LogP contribution in [0.1, 0.15) is 24.5 Å². The molecule has 0 spiro atoms. The van der Waals surface area contributed by atoms with E-state index in [1.807, 2.05) is 0 Å². The van der Waals surface area contributed by atoms with Crippen molar-refractivity contribution in [2.75, 3.05) is 33.4 Å². The molecular formula is C16H22ClFN2O3. The molecule has 0 aromatic heterocycles. The van der Waals surface area contributed by atoms with Crippen LogP contribution in [0.15, 0.2) is 18.2 Å². The molecule has 1 heterocycles. The molecular weight excluding hydrogens is 323 g/mol. The summed E-state index contributed by atoms with van der Waals surface area (Å²) in [5.74, 6) is -0.277. The molecule has 0 saturated carbocycles. The number of methoxy groups -OCH3 is 1. The minimum Gasteiger partial charge on any atom is -0.453 e. The maximum absolute atomic E-state index is 14.4. The molecule has 128 valence electrons. The molecule has 2 rings (SSSR count). The van der Waals surface area contributed by atoms with Crippen LogP contribution in [-0.2, 0) is 9.47 Å². The van der Waals surface area contributed by atoms with Gasteiger partial charge in [-0.15, -0.1) is 0 Å². The number of hydrogen-bond acceptors (Lipinski definition) is 4. The van der Waals surface area contributed by atoms with E-state index in [1.165, 1.54) is 13.2 Å². The summed E-state index contributed by atoms with van der Waals surface area (Å²) < 4.78 is 24.8. The van der Waals surface area contributed by atoms with Gasteiger partial charge >= 0.3 is 6.09 Å². The second-order valence-electron chi connectivity index (χ2n) is 5.46. The number of amides is 1. The van der Waals surface area contributed by atoms with E-state index in [-0.39, 0.29) is 17.5 Å². The molecule has 7 heteroatoms. The summed E-state index contributed by atoms with van der Waals surface area (Å²) in [5.41, 5.74) is 0.462. The lowest BCUT2D eigenvalue weighted by Gasteiger charge is -2.31. The third-order valence-corrected chi connectivity index (χ3v) is 4.20. The molecule has 1 aromatic carbocycles. The Bertz CT molecular complexity index is 524. The van der Waals surface area contributed by atoms with Crippen molar-refractivity contribution in [3.63, 3.8) is 0 Å². The van der Waals surface area contributed by atoms with Gasteiger partial charge in [0.15, 0.2) is 0 Å². The van der Waals surface area contributed by atoms with Crippen molar-refractivity contribution in [3.8, 4) is 0 Å². The Morgan fingerprint density at radius 2 is 2.39 bits per heavy atom. The van der Waals surface area contributed by atoms with Gasteiger partial charge in [0.25, 0.3) is 0 Å². The van der Waals surface area contributed by atoms with Gasteiger partial charge in [-0.05, 0) is 25.5 Å². The minimum absolute atomic E-state index is 0.0903.